The number of aromatic nitrogens is 1. The summed E-state index contributed by atoms with van der Waals surface area (Å²) in [5.41, 5.74) is 2.11. The van der Waals surface area contributed by atoms with Crippen LogP contribution in [0.2, 0.25) is 0 Å². The predicted octanol–water partition coefficient (Wildman–Crippen LogP) is 3.57. The van der Waals surface area contributed by atoms with E-state index in [-0.39, 0.29) is 22.8 Å². The smallest absolute Gasteiger partial charge is 0.262 e. The first-order valence-corrected chi connectivity index (χ1v) is 10.3. The number of benzene rings is 2. The van der Waals surface area contributed by atoms with E-state index in [1.165, 1.54) is 30.5 Å². The Labute approximate surface area is 168 Å². The highest BCUT2D eigenvalue weighted by Gasteiger charge is 2.22. The summed E-state index contributed by atoms with van der Waals surface area (Å²) < 4.78 is 41.9. The molecule has 150 valence electrons. The van der Waals surface area contributed by atoms with E-state index in [0.717, 1.165) is 0 Å². The topological polar surface area (TPSA) is 88.2 Å². The SMILES string of the molecule is Cc1ccc(CNC(=O)c2ccccc2S(=O)(=O)Nc2cnccc2C)cc1F. The normalized spacial score (nSPS) is 11.1. The lowest BCUT2D eigenvalue weighted by molar-refractivity contribution is 0.0947. The van der Waals surface area contributed by atoms with Crippen molar-refractivity contribution in [3.8, 4) is 0 Å². The van der Waals surface area contributed by atoms with Crippen molar-refractivity contribution in [1.82, 2.24) is 10.3 Å². The van der Waals surface area contributed by atoms with Gasteiger partial charge in [-0.05, 0) is 54.8 Å². The van der Waals surface area contributed by atoms with Gasteiger partial charge in [0.2, 0.25) is 0 Å². The zero-order chi connectivity index (χ0) is 21.0. The van der Waals surface area contributed by atoms with Gasteiger partial charge < -0.3 is 5.32 Å². The molecule has 0 radical (unpaired) electrons. The van der Waals surface area contributed by atoms with Crippen LogP contribution in [0.15, 0.2) is 65.8 Å². The summed E-state index contributed by atoms with van der Waals surface area (Å²) in [6.07, 6.45) is 2.96. The first-order valence-electron chi connectivity index (χ1n) is 8.83. The fraction of sp³-hybridized carbons (Fsp3) is 0.143. The van der Waals surface area contributed by atoms with Gasteiger partial charge in [-0.25, -0.2) is 12.8 Å². The van der Waals surface area contributed by atoms with Crippen LogP contribution in [0.25, 0.3) is 0 Å². The van der Waals surface area contributed by atoms with Gasteiger partial charge in [0, 0.05) is 12.7 Å². The van der Waals surface area contributed by atoms with E-state index in [0.29, 0.717) is 22.4 Å². The number of nitrogens with one attached hydrogen (secondary N) is 2. The Hall–Kier alpha value is -3.26. The fourth-order valence-corrected chi connectivity index (χ4v) is 4.00. The number of anilines is 1. The molecule has 1 aromatic heterocycles. The number of amides is 1. The van der Waals surface area contributed by atoms with Crippen LogP contribution in [0.3, 0.4) is 0 Å². The molecule has 0 unspecified atom stereocenters. The van der Waals surface area contributed by atoms with Crippen LogP contribution >= 0.6 is 0 Å². The van der Waals surface area contributed by atoms with Crippen molar-refractivity contribution in [2.24, 2.45) is 0 Å². The van der Waals surface area contributed by atoms with Gasteiger partial charge in [-0.2, -0.15) is 0 Å². The van der Waals surface area contributed by atoms with Crippen molar-refractivity contribution in [1.29, 1.82) is 0 Å². The van der Waals surface area contributed by atoms with Gasteiger partial charge >= 0.3 is 0 Å². The zero-order valence-electron chi connectivity index (χ0n) is 15.9. The van der Waals surface area contributed by atoms with Crippen molar-refractivity contribution in [2.75, 3.05) is 4.72 Å². The van der Waals surface area contributed by atoms with Gasteiger partial charge in [0.05, 0.1) is 17.4 Å². The number of hydrogen-bond donors (Lipinski definition) is 2. The maximum atomic E-state index is 13.7. The zero-order valence-corrected chi connectivity index (χ0v) is 16.8. The monoisotopic (exact) mass is 413 g/mol. The molecule has 0 fully saturated rings. The number of rotatable bonds is 6. The number of pyridine rings is 1. The lowest BCUT2D eigenvalue weighted by atomic mass is 10.1. The quantitative estimate of drug-likeness (QED) is 0.647. The Morgan fingerprint density at radius 3 is 2.55 bits per heavy atom. The molecular weight excluding hydrogens is 393 g/mol. The van der Waals surface area contributed by atoms with Gasteiger partial charge in [0.25, 0.3) is 15.9 Å². The van der Waals surface area contributed by atoms with E-state index >= 15 is 0 Å². The minimum Gasteiger partial charge on any atom is -0.348 e. The average molecular weight is 413 g/mol. The molecule has 8 heteroatoms. The molecule has 1 amide bonds. The van der Waals surface area contributed by atoms with Crippen molar-refractivity contribution in [2.45, 2.75) is 25.3 Å². The molecule has 0 bridgehead atoms. The molecule has 1 heterocycles. The standard InChI is InChI=1S/C21H20FN3O3S/c1-14-7-8-16(11-18(14)22)12-24-21(26)17-5-3-4-6-20(17)29(27,28)25-19-13-23-10-9-15(19)2/h3-11,13,25H,12H2,1-2H3,(H,24,26). The Balaban J connectivity index is 1.83. The number of halogens is 1. The number of carbonyl (C=O) groups is 1. The Morgan fingerprint density at radius 2 is 1.83 bits per heavy atom. The van der Waals surface area contributed by atoms with Crippen LogP contribution in [0, 0.1) is 19.7 Å². The van der Waals surface area contributed by atoms with Crippen molar-refractivity contribution in [3.05, 3.63) is 89.0 Å². The Morgan fingerprint density at radius 1 is 1.07 bits per heavy atom. The van der Waals surface area contributed by atoms with E-state index in [2.05, 4.69) is 15.0 Å². The number of aryl methyl sites for hydroxylation is 2. The summed E-state index contributed by atoms with van der Waals surface area (Å²) in [5, 5.41) is 2.64. The van der Waals surface area contributed by atoms with Crippen molar-refractivity contribution >= 4 is 21.6 Å². The second-order valence-corrected chi connectivity index (χ2v) is 8.21. The fourth-order valence-electron chi connectivity index (χ4n) is 2.68. The number of carbonyl (C=O) groups excluding carboxylic acids is 1. The molecule has 0 saturated heterocycles. The number of sulfonamides is 1. The highest BCUT2D eigenvalue weighted by molar-refractivity contribution is 7.92. The van der Waals surface area contributed by atoms with Crippen LogP contribution in [0.5, 0.6) is 0 Å². The molecule has 29 heavy (non-hydrogen) atoms. The summed E-state index contributed by atoms with van der Waals surface area (Å²) >= 11 is 0. The highest BCUT2D eigenvalue weighted by Crippen LogP contribution is 2.21. The molecule has 0 spiro atoms. The first-order chi connectivity index (χ1) is 13.8. The second kappa shape index (κ2) is 8.40. The summed E-state index contributed by atoms with van der Waals surface area (Å²) in [7, 11) is -4.02. The summed E-state index contributed by atoms with van der Waals surface area (Å²) in [5.74, 6) is -0.939. The molecule has 2 aromatic carbocycles. The maximum absolute atomic E-state index is 13.7. The molecule has 3 rings (SSSR count). The number of nitrogens with zero attached hydrogens (tertiary/aromatic N) is 1. The van der Waals surface area contributed by atoms with Crippen LogP contribution in [-0.4, -0.2) is 19.3 Å². The minimum atomic E-state index is -4.02. The summed E-state index contributed by atoms with van der Waals surface area (Å²) in [6, 6.07) is 12.2. The summed E-state index contributed by atoms with van der Waals surface area (Å²) in [6.45, 7) is 3.47. The van der Waals surface area contributed by atoms with Crippen LogP contribution in [-0.2, 0) is 16.6 Å². The van der Waals surface area contributed by atoms with E-state index in [4.69, 9.17) is 0 Å². The second-order valence-electron chi connectivity index (χ2n) is 6.56. The maximum Gasteiger partial charge on any atom is 0.262 e. The molecule has 0 aliphatic rings. The first kappa shape index (κ1) is 20.5. The van der Waals surface area contributed by atoms with E-state index in [1.54, 1.807) is 44.3 Å². The van der Waals surface area contributed by atoms with E-state index < -0.39 is 15.9 Å². The molecule has 6 nitrogen and oxygen atoms in total. The van der Waals surface area contributed by atoms with E-state index in [1.807, 2.05) is 0 Å². The van der Waals surface area contributed by atoms with Gasteiger partial charge in [0.15, 0.2) is 0 Å². The molecule has 3 aromatic rings. The molecule has 0 aliphatic carbocycles. The Bertz CT molecular complexity index is 1160. The lowest BCUT2D eigenvalue weighted by Crippen LogP contribution is -2.26. The van der Waals surface area contributed by atoms with Crippen molar-refractivity contribution in [3.63, 3.8) is 0 Å². The Kier molecular flexibility index (Phi) is 5.93. The van der Waals surface area contributed by atoms with Crippen LogP contribution in [0.1, 0.15) is 27.0 Å². The van der Waals surface area contributed by atoms with Crippen molar-refractivity contribution < 1.29 is 17.6 Å². The van der Waals surface area contributed by atoms with Gasteiger partial charge in [-0.15, -0.1) is 0 Å². The third-order valence-electron chi connectivity index (χ3n) is 4.39. The minimum absolute atomic E-state index is 0.00544. The lowest BCUT2D eigenvalue weighted by Gasteiger charge is -2.13. The third kappa shape index (κ3) is 4.78. The van der Waals surface area contributed by atoms with Gasteiger partial charge in [0.1, 0.15) is 10.7 Å². The van der Waals surface area contributed by atoms with E-state index in [9.17, 15) is 17.6 Å². The number of hydrogen-bond acceptors (Lipinski definition) is 4. The predicted molar refractivity (Wildman–Crippen MR) is 109 cm³/mol. The highest BCUT2D eigenvalue weighted by atomic mass is 32.2. The van der Waals surface area contributed by atoms with Crippen LogP contribution < -0.4 is 10.0 Å². The molecule has 0 aliphatic heterocycles. The van der Waals surface area contributed by atoms with Gasteiger partial charge in [-0.1, -0.05) is 24.3 Å². The average Bonchev–Trinajstić information content (AvgIpc) is 2.70. The largest absolute Gasteiger partial charge is 0.348 e. The third-order valence-corrected chi connectivity index (χ3v) is 5.82. The molecular formula is C21H20FN3O3S. The molecule has 0 saturated carbocycles. The van der Waals surface area contributed by atoms with Crippen LogP contribution in [0.4, 0.5) is 10.1 Å². The molecule has 0 atom stereocenters. The summed E-state index contributed by atoms with van der Waals surface area (Å²) in [4.78, 5) is 16.4. The van der Waals surface area contributed by atoms with Gasteiger partial charge in [-0.3, -0.25) is 14.5 Å². The molecule has 2 N–H and O–H groups in total.